The highest BCUT2D eigenvalue weighted by Gasteiger charge is 2.31. The van der Waals surface area contributed by atoms with Gasteiger partial charge in [-0.15, -0.1) is 0 Å². The van der Waals surface area contributed by atoms with Crippen LogP contribution in [0.15, 0.2) is 48.6 Å². The number of unbranched alkanes of at least 4 members (excludes halogenated alkanes) is 26. The Labute approximate surface area is 395 Å². The van der Waals surface area contributed by atoms with Crippen LogP contribution in [0, 0.1) is 0 Å². The normalized spacial score (nSPS) is 13.2. The van der Waals surface area contributed by atoms with Crippen molar-refractivity contribution in [1.29, 1.82) is 0 Å². The van der Waals surface area contributed by atoms with Crippen molar-refractivity contribution in [1.82, 2.24) is 0 Å². The minimum Gasteiger partial charge on any atom is -0.477 e. The third kappa shape index (κ3) is 44.5. The molecule has 0 aliphatic rings. The Morgan fingerprint density at radius 2 is 0.875 bits per heavy atom. The number of quaternary nitrogens is 1. The van der Waals surface area contributed by atoms with E-state index in [0.717, 1.165) is 57.8 Å². The number of hydrogen-bond donors (Lipinski definition) is 1. The van der Waals surface area contributed by atoms with E-state index in [9.17, 15) is 19.5 Å². The fourth-order valence-corrected chi connectivity index (χ4v) is 7.87. The number of aliphatic carboxylic acids is 1. The zero-order chi connectivity index (χ0) is 47.0. The predicted molar refractivity (Wildman–Crippen MR) is 271 cm³/mol. The summed E-state index contributed by atoms with van der Waals surface area (Å²) < 4.78 is 17.4. The molecule has 8 heteroatoms. The summed E-state index contributed by atoms with van der Waals surface area (Å²) in [7, 11) is 5.54. The number of rotatable bonds is 48. The molecule has 8 nitrogen and oxygen atoms in total. The molecule has 64 heavy (non-hydrogen) atoms. The van der Waals surface area contributed by atoms with E-state index in [1.54, 1.807) is 0 Å². The number of likely N-dealkylation sites (N-methyl/N-ethyl adjacent to an activating group) is 1. The lowest BCUT2D eigenvalue weighted by Crippen LogP contribution is -2.50. The van der Waals surface area contributed by atoms with Crippen LogP contribution in [0.3, 0.4) is 0 Å². The first-order chi connectivity index (χ1) is 31.1. The Morgan fingerprint density at radius 1 is 0.484 bits per heavy atom. The fraction of sp³-hybridized carbons (Fsp3) is 0.804. The van der Waals surface area contributed by atoms with Gasteiger partial charge in [-0.25, -0.2) is 4.79 Å². The number of carboxylic acids is 1. The number of hydrogen-bond acceptors (Lipinski definition) is 6. The van der Waals surface area contributed by atoms with Gasteiger partial charge in [-0.1, -0.05) is 197 Å². The largest absolute Gasteiger partial charge is 0.477 e. The summed E-state index contributed by atoms with van der Waals surface area (Å²) in [6.07, 6.45) is 57.3. The maximum absolute atomic E-state index is 12.8. The monoisotopic (exact) mass is 901 g/mol. The topological polar surface area (TPSA) is 99.1 Å². The van der Waals surface area contributed by atoms with E-state index in [1.807, 2.05) is 21.1 Å². The maximum atomic E-state index is 12.8. The highest BCUT2D eigenvalue weighted by atomic mass is 16.6. The molecule has 0 aromatic rings. The van der Waals surface area contributed by atoms with E-state index in [4.69, 9.17) is 14.2 Å². The minimum absolute atomic E-state index is 0.0532. The number of ether oxygens (including phenoxy) is 3. The SMILES string of the molecule is CC/C=C/C/C=C/C/C=C/CCCCCCCCCCCCCC(=O)OC(COCCC(C(=O)O)[N+](C)(C)C)COC(=O)CCCCCCCCC/C=C/CCCCCCCCCC. The molecule has 0 aromatic carbocycles. The van der Waals surface area contributed by atoms with Crippen molar-refractivity contribution in [3.05, 3.63) is 48.6 Å². The summed E-state index contributed by atoms with van der Waals surface area (Å²) in [5.74, 6) is -1.47. The standard InChI is InChI=1S/C56H101NO7/c1-6-8-10-12-14-16-18-20-22-24-26-27-29-31-33-35-37-39-41-43-45-47-55(59)64-52(50-62-49-48-53(56(60)61)57(3,4)5)51-63-54(58)46-44-42-40-38-36-34-32-30-28-25-23-21-19-17-15-13-11-9-7-2/h8,10,14,16,20,22,25,28,52-53H,6-7,9,11-13,15,17-19,21,23-24,26-27,29-51H2,1-5H3/p+1/b10-8+,16-14+,22-20+,28-25+. The van der Waals surface area contributed by atoms with Crippen LogP contribution in [0.4, 0.5) is 0 Å². The van der Waals surface area contributed by atoms with Crippen LogP contribution in [0.5, 0.6) is 0 Å². The highest BCUT2D eigenvalue weighted by molar-refractivity contribution is 5.72. The average molecular weight is 901 g/mol. The first kappa shape index (κ1) is 61.3. The molecule has 1 N–H and O–H groups in total. The van der Waals surface area contributed by atoms with Crippen molar-refractivity contribution in [3.8, 4) is 0 Å². The molecule has 0 aliphatic heterocycles. The van der Waals surface area contributed by atoms with E-state index in [-0.39, 0.29) is 36.2 Å². The highest BCUT2D eigenvalue weighted by Crippen LogP contribution is 2.16. The van der Waals surface area contributed by atoms with Gasteiger partial charge in [0, 0.05) is 19.3 Å². The van der Waals surface area contributed by atoms with Crippen LogP contribution in [0.25, 0.3) is 0 Å². The number of nitrogens with zero attached hydrogens (tertiary/aromatic N) is 1. The van der Waals surface area contributed by atoms with E-state index in [2.05, 4.69) is 62.5 Å². The number of esters is 2. The fourth-order valence-electron chi connectivity index (χ4n) is 7.87. The minimum atomic E-state index is -0.875. The molecule has 2 unspecified atom stereocenters. The summed E-state index contributed by atoms with van der Waals surface area (Å²) in [5.41, 5.74) is 0. The summed E-state index contributed by atoms with van der Waals surface area (Å²) >= 11 is 0. The van der Waals surface area contributed by atoms with Crippen molar-refractivity contribution >= 4 is 17.9 Å². The van der Waals surface area contributed by atoms with Gasteiger partial charge in [0.25, 0.3) is 0 Å². The van der Waals surface area contributed by atoms with Crippen LogP contribution in [-0.2, 0) is 28.6 Å². The van der Waals surface area contributed by atoms with Gasteiger partial charge in [0.05, 0.1) is 34.4 Å². The van der Waals surface area contributed by atoms with E-state index in [0.29, 0.717) is 19.3 Å². The number of allylic oxidation sites excluding steroid dienone is 8. The lowest BCUT2D eigenvalue weighted by molar-refractivity contribution is -0.887. The second-order valence-corrected chi connectivity index (χ2v) is 19.1. The Balaban J connectivity index is 4.22. The van der Waals surface area contributed by atoms with Gasteiger partial charge in [0.2, 0.25) is 0 Å². The quantitative estimate of drug-likeness (QED) is 0.0281. The first-order valence-corrected chi connectivity index (χ1v) is 26.7. The Morgan fingerprint density at radius 3 is 1.31 bits per heavy atom. The molecule has 0 amide bonds. The molecule has 0 saturated carbocycles. The molecule has 0 saturated heterocycles. The summed E-state index contributed by atoms with van der Waals surface area (Å²) in [4.78, 5) is 37.2. The number of carbonyl (C=O) groups is 3. The van der Waals surface area contributed by atoms with E-state index >= 15 is 0 Å². The molecular formula is C56H102NO7+. The zero-order valence-electron chi connectivity index (χ0n) is 42.5. The molecule has 0 aromatic heterocycles. The number of carboxylic acid groups (broad SMARTS) is 1. The molecule has 372 valence electrons. The molecule has 0 rings (SSSR count). The zero-order valence-corrected chi connectivity index (χ0v) is 42.5. The summed E-state index contributed by atoms with van der Waals surface area (Å²) in [6.45, 7) is 4.65. The molecule has 0 heterocycles. The lowest BCUT2D eigenvalue weighted by Gasteiger charge is -2.31. The molecule has 0 fully saturated rings. The van der Waals surface area contributed by atoms with Gasteiger partial charge in [0.15, 0.2) is 12.1 Å². The van der Waals surface area contributed by atoms with Crippen molar-refractivity contribution < 1.29 is 38.2 Å². The van der Waals surface area contributed by atoms with Crippen molar-refractivity contribution in [2.45, 2.75) is 251 Å². The van der Waals surface area contributed by atoms with E-state index in [1.165, 1.54) is 148 Å². The molecule has 0 spiro atoms. The smallest absolute Gasteiger partial charge is 0.362 e. The van der Waals surface area contributed by atoms with Crippen LogP contribution < -0.4 is 0 Å². The third-order valence-electron chi connectivity index (χ3n) is 12.0. The van der Waals surface area contributed by atoms with Gasteiger partial charge in [-0.3, -0.25) is 9.59 Å². The molecular weight excluding hydrogens is 799 g/mol. The Kier molecular flexibility index (Phi) is 44.8. The van der Waals surface area contributed by atoms with Crippen LogP contribution in [0.2, 0.25) is 0 Å². The van der Waals surface area contributed by atoms with Gasteiger partial charge in [-0.2, -0.15) is 0 Å². The van der Waals surface area contributed by atoms with Crippen LogP contribution >= 0.6 is 0 Å². The molecule has 0 bridgehead atoms. The Bertz CT molecular complexity index is 1190. The lowest BCUT2D eigenvalue weighted by atomic mass is 10.0. The van der Waals surface area contributed by atoms with Gasteiger partial charge >= 0.3 is 17.9 Å². The van der Waals surface area contributed by atoms with Crippen LogP contribution in [0.1, 0.15) is 239 Å². The molecule has 0 aliphatic carbocycles. The van der Waals surface area contributed by atoms with Crippen molar-refractivity contribution in [3.63, 3.8) is 0 Å². The van der Waals surface area contributed by atoms with Crippen molar-refractivity contribution in [2.75, 3.05) is 41.0 Å². The molecule has 0 radical (unpaired) electrons. The second kappa shape index (κ2) is 46.8. The summed E-state index contributed by atoms with van der Waals surface area (Å²) in [5, 5.41) is 9.66. The third-order valence-corrected chi connectivity index (χ3v) is 12.0. The van der Waals surface area contributed by atoms with Gasteiger partial charge in [0.1, 0.15) is 6.61 Å². The van der Waals surface area contributed by atoms with Gasteiger partial charge in [-0.05, 0) is 70.6 Å². The maximum Gasteiger partial charge on any atom is 0.362 e. The summed E-state index contributed by atoms with van der Waals surface area (Å²) in [6, 6.07) is -0.617. The van der Waals surface area contributed by atoms with E-state index < -0.39 is 18.1 Å². The van der Waals surface area contributed by atoms with Crippen molar-refractivity contribution in [2.24, 2.45) is 0 Å². The predicted octanol–water partition coefficient (Wildman–Crippen LogP) is 15.5. The second-order valence-electron chi connectivity index (χ2n) is 19.1. The van der Waals surface area contributed by atoms with Gasteiger partial charge < -0.3 is 23.8 Å². The Hall–Kier alpha value is -2.71. The first-order valence-electron chi connectivity index (χ1n) is 26.7. The average Bonchev–Trinajstić information content (AvgIpc) is 3.26. The molecule has 2 atom stereocenters. The van der Waals surface area contributed by atoms with Crippen LogP contribution in [-0.4, -0.2) is 80.6 Å². The number of carbonyl (C=O) groups excluding carboxylic acids is 2.